The Labute approximate surface area is 159 Å². The van der Waals surface area contributed by atoms with Gasteiger partial charge < -0.3 is 14.4 Å². The Morgan fingerprint density at radius 1 is 1.07 bits per heavy atom. The van der Waals surface area contributed by atoms with E-state index < -0.39 is 4.92 Å². The molecule has 3 rings (SSSR count). The van der Waals surface area contributed by atoms with Crippen LogP contribution in [0, 0.1) is 10.1 Å². The van der Waals surface area contributed by atoms with Crippen LogP contribution in [0.4, 0.5) is 11.4 Å². The SMILES string of the molecule is COc1ccccc1N1CCN(CCCOc2cccc([N+](=O)[O-])c2)CC1. The third-order valence-corrected chi connectivity index (χ3v) is 4.71. The molecule has 7 nitrogen and oxygen atoms in total. The van der Waals surface area contributed by atoms with Crippen molar-refractivity contribution in [1.82, 2.24) is 4.90 Å². The highest BCUT2D eigenvalue weighted by Gasteiger charge is 2.19. The van der Waals surface area contributed by atoms with Gasteiger partial charge in [0.1, 0.15) is 11.5 Å². The molecule has 0 saturated carbocycles. The van der Waals surface area contributed by atoms with Gasteiger partial charge in [-0.2, -0.15) is 0 Å². The lowest BCUT2D eigenvalue weighted by Gasteiger charge is -2.36. The lowest BCUT2D eigenvalue weighted by atomic mass is 10.2. The van der Waals surface area contributed by atoms with Crippen molar-refractivity contribution in [3.63, 3.8) is 0 Å². The summed E-state index contributed by atoms with van der Waals surface area (Å²) >= 11 is 0. The van der Waals surface area contributed by atoms with Crippen molar-refractivity contribution in [3.8, 4) is 11.5 Å². The maximum Gasteiger partial charge on any atom is 0.273 e. The lowest BCUT2D eigenvalue weighted by molar-refractivity contribution is -0.384. The molecule has 0 radical (unpaired) electrons. The highest BCUT2D eigenvalue weighted by Crippen LogP contribution is 2.28. The van der Waals surface area contributed by atoms with Crippen LogP contribution in [-0.2, 0) is 0 Å². The van der Waals surface area contributed by atoms with Crippen LogP contribution in [0.1, 0.15) is 6.42 Å². The average Bonchev–Trinajstić information content (AvgIpc) is 2.72. The summed E-state index contributed by atoms with van der Waals surface area (Å²) in [5.41, 5.74) is 1.20. The molecule has 7 heteroatoms. The van der Waals surface area contributed by atoms with Crippen LogP contribution in [0.15, 0.2) is 48.5 Å². The molecular weight excluding hydrogens is 346 g/mol. The predicted molar refractivity (Wildman–Crippen MR) is 105 cm³/mol. The highest BCUT2D eigenvalue weighted by molar-refractivity contribution is 5.58. The molecular formula is C20H25N3O4. The molecule has 0 spiro atoms. The summed E-state index contributed by atoms with van der Waals surface area (Å²) in [5, 5.41) is 10.8. The number of hydrogen-bond acceptors (Lipinski definition) is 6. The molecule has 1 fully saturated rings. The summed E-state index contributed by atoms with van der Waals surface area (Å²) in [6, 6.07) is 14.4. The van der Waals surface area contributed by atoms with Gasteiger partial charge in [-0.15, -0.1) is 0 Å². The fourth-order valence-electron chi connectivity index (χ4n) is 3.27. The van der Waals surface area contributed by atoms with Gasteiger partial charge in [-0.3, -0.25) is 15.0 Å². The van der Waals surface area contributed by atoms with Crippen molar-refractivity contribution in [2.75, 3.05) is 51.3 Å². The van der Waals surface area contributed by atoms with E-state index >= 15 is 0 Å². The van der Waals surface area contributed by atoms with Crippen LogP contribution in [0.5, 0.6) is 11.5 Å². The molecule has 1 heterocycles. The van der Waals surface area contributed by atoms with Gasteiger partial charge in [-0.05, 0) is 24.6 Å². The second kappa shape index (κ2) is 9.23. The Hall–Kier alpha value is -2.80. The second-order valence-electron chi connectivity index (χ2n) is 6.46. The van der Waals surface area contributed by atoms with E-state index in [-0.39, 0.29) is 5.69 Å². The molecule has 0 atom stereocenters. The standard InChI is InChI=1S/C20H25N3O4/c1-26-20-9-3-2-8-19(20)22-13-11-21(12-14-22)10-5-15-27-18-7-4-6-17(16-18)23(24)25/h2-4,6-9,16H,5,10-15H2,1H3. The Morgan fingerprint density at radius 2 is 1.85 bits per heavy atom. The van der Waals surface area contributed by atoms with E-state index in [2.05, 4.69) is 15.9 Å². The first-order chi connectivity index (χ1) is 13.2. The zero-order valence-corrected chi connectivity index (χ0v) is 15.5. The van der Waals surface area contributed by atoms with Gasteiger partial charge in [-0.1, -0.05) is 18.2 Å². The number of nitro groups is 1. The molecule has 2 aromatic rings. The molecule has 0 bridgehead atoms. The maximum absolute atomic E-state index is 10.8. The van der Waals surface area contributed by atoms with E-state index in [0.29, 0.717) is 12.4 Å². The normalized spacial score (nSPS) is 14.8. The maximum atomic E-state index is 10.8. The molecule has 1 saturated heterocycles. The number of non-ortho nitro benzene ring substituents is 1. The number of ether oxygens (including phenoxy) is 2. The lowest BCUT2D eigenvalue weighted by Crippen LogP contribution is -2.46. The molecule has 0 aromatic heterocycles. The van der Waals surface area contributed by atoms with Crippen LogP contribution in [-0.4, -0.2) is 56.3 Å². The first-order valence-corrected chi connectivity index (χ1v) is 9.15. The number of nitrogens with zero attached hydrogens (tertiary/aromatic N) is 3. The summed E-state index contributed by atoms with van der Waals surface area (Å²) in [7, 11) is 1.70. The summed E-state index contributed by atoms with van der Waals surface area (Å²) < 4.78 is 11.1. The van der Waals surface area contributed by atoms with Gasteiger partial charge in [0.25, 0.3) is 5.69 Å². The van der Waals surface area contributed by atoms with E-state index in [0.717, 1.165) is 50.6 Å². The Morgan fingerprint density at radius 3 is 2.59 bits per heavy atom. The first kappa shape index (κ1) is 19.0. The van der Waals surface area contributed by atoms with Crippen molar-refractivity contribution >= 4 is 11.4 Å². The molecule has 144 valence electrons. The number of methoxy groups -OCH3 is 1. The molecule has 0 unspecified atom stereocenters. The molecule has 0 amide bonds. The van der Waals surface area contributed by atoms with Crippen LogP contribution >= 0.6 is 0 Å². The number of anilines is 1. The smallest absolute Gasteiger partial charge is 0.273 e. The molecule has 1 aliphatic rings. The largest absolute Gasteiger partial charge is 0.495 e. The van der Waals surface area contributed by atoms with E-state index in [1.54, 1.807) is 19.2 Å². The molecule has 27 heavy (non-hydrogen) atoms. The Kier molecular flexibility index (Phi) is 6.49. The summed E-state index contributed by atoms with van der Waals surface area (Å²) in [5.74, 6) is 1.46. The number of hydrogen-bond donors (Lipinski definition) is 0. The molecule has 0 aliphatic carbocycles. The monoisotopic (exact) mass is 371 g/mol. The van der Waals surface area contributed by atoms with Crippen LogP contribution < -0.4 is 14.4 Å². The second-order valence-corrected chi connectivity index (χ2v) is 6.46. The molecule has 0 N–H and O–H groups in total. The summed E-state index contributed by atoms with van der Waals surface area (Å²) in [4.78, 5) is 15.2. The number of benzene rings is 2. The van der Waals surface area contributed by atoms with Crippen molar-refractivity contribution in [2.45, 2.75) is 6.42 Å². The zero-order chi connectivity index (χ0) is 19.1. The first-order valence-electron chi connectivity index (χ1n) is 9.15. The number of rotatable bonds is 8. The Bertz CT molecular complexity index is 760. The number of para-hydroxylation sites is 2. The minimum absolute atomic E-state index is 0.0555. The summed E-state index contributed by atoms with van der Waals surface area (Å²) in [6.45, 7) is 5.42. The van der Waals surface area contributed by atoms with Gasteiger partial charge in [-0.25, -0.2) is 0 Å². The fourth-order valence-corrected chi connectivity index (χ4v) is 3.27. The van der Waals surface area contributed by atoms with Crippen molar-refractivity contribution in [2.24, 2.45) is 0 Å². The third kappa shape index (κ3) is 5.10. The molecule has 2 aromatic carbocycles. The quantitative estimate of drug-likeness (QED) is 0.403. The van der Waals surface area contributed by atoms with Gasteiger partial charge >= 0.3 is 0 Å². The highest BCUT2D eigenvalue weighted by atomic mass is 16.6. The van der Waals surface area contributed by atoms with Gasteiger partial charge in [0.05, 0.1) is 30.4 Å². The van der Waals surface area contributed by atoms with Crippen LogP contribution in [0.3, 0.4) is 0 Å². The minimum atomic E-state index is -0.409. The minimum Gasteiger partial charge on any atom is -0.495 e. The predicted octanol–water partition coefficient (Wildman–Crippen LogP) is 3.19. The summed E-state index contributed by atoms with van der Waals surface area (Å²) in [6.07, 6.45) is 0.886. The average molecular weight is 371 g/mol. The molecule has 1 aliphatic heterocycles. The van der Waals surface area contributed by atoms with E-state index in [9.17, 15) is 10.1 Å². The van der Waals surface area contributed by atoms with E-state index in [1.807, 2.05) is 18.2 Å². The topological polar surface area (TPSA) is 68.1 Å². The Balaban J connectivity index is 1.40. The van der Waals surface area contributed by atoms with E-state index in [1.165, 1.54) is 12.1 Å². The van der Waals surface area contributed by atoms with Crippen molar-refractivity contribution < 1.29 is 14.4 Å². The van der Waals surface area contributed by atoms with Crippen LogP contribution in [0.25, 0.3) is 0 Å². The van der Waals surface area contributed by atoms with Crippen molar-refractivity contribution in [3.05, 3.63) is 58.6 Å². The number of nitro benzene ring substituents is 1. The van der Waals surface area contributed by atoms with Crippen LogP contribution in [0.2, 0.25) is 0 Å². The van der Waals surface area contributed by atoms with E-state index in [4.69, 9.17) is 9.47 Å². The third-order valence-electron chi connectivity index (χ3n) is 4.71. The number of piperazine rings is 1. The zero-order valence-electron chi connectivity index (χ0n) is 15.5. The van der Waals surface area contributed by atoms with Crippen molar-refractivity contribution in [1.29, 1.82) is 0 Å². The fraction of sp³-hybridized carbons (Fsp3) is 0.400. The van der Waals surface area contributed by atoms with Gasteiger partial charge in [0.2, 0.25) is 0 Å². The van der Waals surface area contributed by atoms with Gasteiger partial charge in [0, 0.05) is 38.8 Å². The van der Waals surface area contributed by atoms with Gasteiger partial charge in [0.15, 0.2) is 0 Å².